The van der Waals surface area contributed by atoms with E-state index in [2.05, 4.69) is 0 Å². The molecular weight excluding hydrogens is 176 g/mol. The van der Waals surface area contributed by atoms with Crippen LogP contribution in [0.5, 0.6) is 0 Å². The van der Waals surface area contributed by atoms with Crippen molar-refractivity contribution >= 4 is 11.9 Å². The van der Waals surface area contributed by atoms with Gasteiger partial charge in [0, 0.05) is 0 Å². The lowest BCUT2D eigenvalue weighted by Gasteiger charge is -2.15. The summed E-state index contributed by atoms with van der Waals surface area (Å²) < 4.78 is 5.11. The fourth-order valence-corrected chi connectivity index (χ4v) is 0.985. The third-order valence-electron chi connectivity index (χ3n) is 1.39. The van der Waals surface area contributed by atoms with Gasteiger partial charge in [-0.1, -0.05) is 0 Å². The van der Waals surface area contributed by atoms with Crippen molar-refractivity contribution in [2.45, 2.75) is 38.9 Å². The van der Waals surface area contributed by atoms with E-state index in [-0.39, 0.29) is 12.8 Å². The fraction of sp³-hybridized carbons (Fsp3) is 0.750. The van der Waals surface area contributed by atoms with Crippen molar-refractivity contribution in [3.63, 3.8) is 0 Å². The van der Waals surface area contributed by atoms with Gasteiger partial charge in [-0.25, -0.2) is 0 Å². The zero-order chi connectivity index (χ0) is 10.4. The van der Waals surface area contributed by atoms with Crippen molar-refractivity contribution in [1.29, 1.82) is 0 Å². The molecule has 13 heavy (non-hydrogen) atoms. The van der Waals surface area contributed by atoms with E-state index in [1.165, 1.54) is 0 Å². The molecule has 0 radical (unpaired) electrons. The summed E-state index contributed by atoms with van der Waals surface area (Å²) >= 11 is 0. The van der Waals surface area contributed by atoms with Crippen molar-refractivity contribution in [1.82, 2.24) is 0 Å². The largest absolute Gasteiger partial charge is 0.481 e. The van der Waals surface area contributed by atoms with Crippen LogP contribution in [0.15, 0.2) is 0 Å². The Morgan fingerprint density at radius 3 is 1.62 bits per heavy atom. The first-order valence-electron chi connectivity index (χ1n) is 4.01. The Balaban J connectivity index is 3.70. The number of hydrogen-bond acceptors (Lipinski definition) is 3. The number of ether oxygens (including phenoxy) is 1. The normalized spacial score (nSPS) is 14.9. The molecule has 76 valence electrons. The second-order valence-corrected chi connectivity index (χ2v) is 2.95. The van der Waals surface area contributed by atoms with Crippen LogP contribution < -0.4 is 0 Å². The van der Waals surface area contributed by atoms with Crippen LogP contribution >= 0.6 is 0 Å². The van der Waals surface area contributed by atoms with Crippen LogP contribution in [-0.4, -0.2) is 34.4 Å². The minimum absolute atomic E-state index is 0.107. The van der Waals surface area contributed by atoms with Crippen LogP contribution in [0.25, 0.3) is 0 Å². The third kappa shape index (κ3) is 7.27. The van der Waals surface area contributed by atoms with Gasteiger partial charge in [0.05, 0.1) is 25.0 Å². The van der Waals surface area contributed by atoms with Gasteiger partial charge in [0.25, 0.3) is 0 Å². The molecule has 5 heteroatoms. The van der Waals surface area contributed by atoms with Gasteiger partial charge in [0.2, 0.25) is 0 Å². The van der Waals surface area contributed by atoms with E-state index < -0.39 is 24.1 Å². The molecule has 0 saturated heterocycles. The molecule has 0 aliphatic rings. The van der Waals surface area contributed by atoms with E-state index >= 15 is 0 Å². The molecule has 0 aromatic carbocycles. The lowest BCUT2D eigenvalue weighted by atomic mass is 10.2. The molecule has 5 nitrogen and oxygen atoms in total. The third-order valence-corrected chi connectivity index (χ3v) is 1.39. The van der Waals surface area contributed by atoms with Gasteiger partial charge < -0.3 is 14.9 Å². The van der Waals surface area contributed by atoms with Crippen molar-refractivity contribution in [3.05, 3.63) is 0 Å². The van der Waals surface area contributed by atoms with Gasteiger partial charge >= 0.3 is 11.9 Å². The van der Waals surface area contributed by atoms with Crippen molar-refractivity contribution < 1.29 is 24.5 Å². The summed E-state index contributed by atoms with van der Waals surface area (Å²) in [5, 5.41) is 16.8. The highest BCUT2D eigenvalue weighted by atomic mass is 16.5. The van der Waals surface area contributed by atoms with E-state index in [4.69, 9.17) is 14.9 Å². The first-order chi connectivity index (χ1) is 5.91. The van der Waals surface area contributed by atoms with E-state index in [9.17, 15) is 9.59 Å². The lowest BCUT2D eigenvalue weighted by Crippen LogP contribution is -2.22. The molecule has 2 unspecified atom stereocenters. The maximum atomic E-state index is 10.2. The molecule has 0 aliphatic heterocycles. The molecule has 0 heterocycles. The highest BCUT2D eigenvalue weighted by Gasteiger charge is 2.14. The van der Waals surface area contributed by atoms with Gasteiger partial charge in [-0.15, -0.1) is 0 Å². The number of carboxylic acids is 2. The van der Waals surface area contributed by atoms with E-state index in [1.54, 1.807) is 13.8 Å². The highest BCUT2D eigenvalue weighted by Crippen LogP contribution is 2.05. The summed E-state index contributed by atoms with van der Waals surface area (Å²) in [6.07, 6.45) is -1.12. The van der Waals surface area contributed by atoms with Crippen LogP contribution in [-0.2, 0) is 14.3 Å². The van der Waals surface area contributed by atoms with Gasteiger partial charge in [-0.3, -0.25) is 9.59 Å². The van der Waals surface area contributed by atoms with E-state index in [1.807, 2.05) is 0 Å². The molecule has 0 saturated carbocycles. The molecule has 0 bridgehead atoms. The smallest absolute Gasteiger partial charge is 0.305 e. The maximum absolute atomic E-state index is 10.2. The topological polar surface area (TPSA) is 83.8 Å². The van der Waals surface area contributed by atoms with Crippen LogP contribution in [0.4, 0.5) is 0 Å². The molecule has 0 amide bonds. The predicted molar refractivity (Wildman–Crippen MR) is 44.5 cm³/mol. The minimum Gasteiger partial charge on any atom is -0.481 e. The van der Waals surface area contributed by atoms with Gasteiger partial charge in [-0.2, -0.15) is 0 Å². The van der Waals surface area contributed by atoms with Crippen LogP contribution in [0.3, 0.4) is 0 Å². The number of carboxylic acid groups (broad SMARTS) is 2. The second kappa shape index (κ2) is 5.53. The molecule has 0 aromatic rings. The first-order valence-corrected chi connectivity index (χ1v) is 4.01. The molecule has 0 fully saturated rings. The number of hydrogen-bond donors (Lipinski definition) is 2. The molecule has 2 atom stereocenters. The van der Waals surface area contributed by atoms with Crippen LogP contribution in [0, 0.1) is 0 Å². The standard InChI is InChI=1S/C8H14O5/c1-5(3-7(9)10)13-6(2)4-8(11)12/h5-6H,3-4H2,1-2H3,(H,9,10)(H,11,12). The summed E-state index contributed by atoms with van der Waals surface area (Å²) in [5.74, 6) is -1.90. The van der Waals surface area contributed by atoms with E-state index in [0.29, 0.717) is 0 Å². The second-order valence-electron chi connectivity index (χ2n) is 2.95. The predicted octanol–water partition coefficient (Wildman–Crippen LogP) is 0.729. The first kappa shape index (κ1) is 11.9. The van der Waals surface area contributed by atoms with Gasteiger partial charge in [0.1, 0.15) is 0 Å². The summed E-state index contributed by atoms with van der Waals surface area (Å²) in [7, 11) is 0. The maximum Gasteiger partial charge on any atom is 0.305 e. The Morgan fingerprint density at radius 2 is 1.38 bits per heavy atom. The fourth-order valence-electron chi connectivity index (χ4n) is 0.985. The van der Waals surface area contributed by atoms with Gasteiger partial charge in [-0.05, 0) is 13.8 Å². The highest BCUT2D eigenvalue weighted by molar-refractivity contribution is 5.67. The minimum atomic E-state index is -0.949. The average Bonchev–Trinajstić information content (AvgIpc) is 1.80. The van der Waals surface area contributed by atoms with Crippen LogP contribution in [0.1, 0.15) is 26.7 Å². The summed E-state index contributed by atoms with van der Waals surface area (Å²) in [4.78, 5) is 20.4. The van der Waals surface area contributed by atoms with Crippen molar-refractivity contribution in [3.8, 4) is 0 Å². The molecule has 0 rings (SSSR count). The summed E-state index contributed by atoms with van der Waals surface area (Å²) in [5.41, 5.74) is 0. The van der Waals surface area contributed by atoms with Crippen molar-refractivity contribution in [2.24, 2.45) is 0 Å². The van der Waals surface area contributed by atoms with Gasteiger partial charge in [0.15, 0.2) is 0 Å². The SMILES string of the molecule is CC(CC(=O)O)OC(C)CC(=O)O. The quantitative estimate of drug-likeness (QED) is 0.645. The molecular formula is C8H14O5. The number of rotatable bonds is 6. The van der Waals surface area contributed by atoms with Crippen molar-refractivity contribution in [2.75, 3.05) is 0 Å². The Bertz CT molecular complexity index is 169. The summed E-state index contributed by atoms with van der Waals surface area (Å²) in [6.45, 7) is 3.21. The molecule has 0 aromatic heterocycles. The molecule has 0 aliphatic carbocycles. The lowest BCUT2D eigenvalue weighted by molar-refractivity contribution is -0.143. The Hall–Kier alpha value is -1.10. The molecule has 2 N–H and O–H groups in total. The Labute approximate surface area is 76.3 Å². The van der Waals surface area contributed by atoms with E-state index in [0.717, 1.165) is 0 Å². The molecule has 0 spiro atoms. The summed E-state index contributed by atoms with van der Waals surface area (Å²) in [6, 6.07) is 0. The number of aliphatic carboxylic acids is 2. The zero-order valence-corrected chi connectivity index (χ0v) is 7.69. The zero-order valence-electron chi connectivity index (χ0n) is 7.69. The monoisotopic (exact) mass is 190 g/mol. The Morgan fingerprint density at radius 1 is 1.08 bits per heavy atom. The average molecular weight is 190 g/mol. The number of carbonyl (C=O) groups is 2. The Kier molecular flexibility index (Phi) is 5.06. The van der Waals surface area contributed by atoms with Crippen LogP contribution in [0.2, 0.25) is 0 Å².